The maximum absolute atomic E-state index is 13.6. The first-order chi connectivity index (χ1) is 20.2. The summed E-state index contributed by atoms with van der Waals surface area (Å²) in [5, 5.41) is 8.29. The van der Waals surface area contributed by atoms with Crippen molar-refractivity contribution in [3.05, 3.63) is 68.4 Å². The number of amides is 1. The molecular formula is C28H34ClN9O4S. The number of nitrogens with two attached hydrogens (primary N) is 1. The number of carbonyl (C=O) groups excluding carboxylic acids is 1. The van der Waals surface area contributed by atoms with Crippen LogP contribution >= 0.6 is 11.6 Å². The van der Waals surface area contributed by atoms with Crippen molar-refractivity contribution in [2.45, 2.75) is 38.6 Å². The molecule has 0 aliphatic carbocycles. The summed E-state index contributed by atoms with van der Waals surface area (Å²) in [6, 6.07) is 8.27. The molecule has 0 bridgehead atoms. The number of rotatable bonds is 7. The number of nitrogen functional groups attached to an aromatic ring is 1. The number of carbonyl (C=O) groups is 1. The molecule has 0 unspecified atom stereocenters. The molecular weight excluding hydrogens is 594 g/mol. The number of anilines is 3. The third-order valence-electron chi connectivity index (χ3n) is 7.65. The average molecular weight is 628 g/mol. The maximum Gasteiger partial charge on any atom is 0.285 e. The summed E-state index contributed by atoms with van der Waals surface area (Å²) in [5.74, 6) is 0.538. The number of aromatic nitrogens is 5. The topological polar surface area (TPSA) is 170 Å². The van der Waals surface area contributed by atoms with E-state index in [1.54, 1.807) is 22.4 Å². The molecule has 1 aliphatic heterocycles. The Hall–Kier alpha value is -4.17. The van der Waals surface area contributed by atoms with E-state index in [0.29, 0.717) is 35.8 Å². The Morgan fingerprint density at radius 2 is 1.84 bits per heavy atom. The molecule has 1 aliphatic rings. The van der Waals surface area contributed by atoms with E-state index in [1.165, 1.54) is 6.07 Å². The van der Waals surface area contributed by atoms with Gasteiger partial charge in [-0.15, -0.1) is 0 Å². The Labute approximate surface area is 254 Å². The zero-order valence-electron chi connectivity index (χ0n) is 24.5. The first-order valence-corrected chi connectivity index (χ1v) is 16.0. The molecule has 15 heteroatoms. The van der Waals surface area contributed by atoms with Gasteiger partial charge in [-0.05, 0) is 50.5 Å². The number of sulfonamides is 1. The molecule has 1 amide bonds. The van der Waals surface area contributed by atoms with Crippen LogP contribution in [-0.2, 0) is 24.1 Å². The first kappa shape index (κ1) is 30.3. The zero-order valence-corrected chi connectivity index (χ0v) is 26.1. The van der Waals surface area contributed by atoms with Crippen molar-refractivity contribution in [2.75, 3.05) is 35.3 Å². The van der Waals surface area contributed by atoms with Crippen molar-refractivity contribution in [3.8, 4) is 0 Å². The van der Waals surface area contributed by atoms with Crippen molar-refractivity contribution in [2.24, 2.45) is 14.1 Å². The quantitative estimate of drug-likeness (QED) is 0.259. The third kappa shape index (κ3) is 6.30. The Bertz CT molecular complexity index is 1880. The number of piperidine rings is 1. The summed E-state index contributed by atoms with van der Waals surface area (Å²) >= 11 is 6.03. The summed E-state index contributed by atoms with van der Waals surface area (Å²) in [7, 11) is -0.280. The lowest BCUT2D eigenvalue weighted by molar-refractivity contribution is 0.0977. The van der Waals surface area contributed by atoms with E-state index in [1.807, 2.05) is 43.8 Å². The summed E-state index contributed by atoms with van der Waals surface area (Å²) in [6.45, 7) is 5.14. The lowest BCUT2D eigenvalue weighted by Gasteiger charge is -2.33. The Morgan fingerprint density at radius 1 is 1.14 bits per heavy atom. The monoisotopic (exact) mass is 627 g/mol. The van der Waals surface area contributed by atoms with Crippen LogP contribution in [0.3, 0.4) is 0 Å². The Kier molecular flexibility index (Phi) is 8.09. The van der Waals surface area contributed by atoms with Gasteiger partial charge in [0.1, 0.15) is 11.0 Å². The van der Waals surface area contributed by atoms with Crippen LogP contribution in [-0.4, -0.2) is 58.0 Å². The van der Waals surface area contributed by atoms with E-state index < -0.39 is 22.0 Å². The van der Waals surface area contributed by atoms with E-state index in [0.717, 1.165) is 35.9 Å². The third-order valence-corrected chi connectivity index (χ3v) is 8.42. The number of nitrogens with zero attached hydrogens (tertiary/aromatic N) is 6. The van der Waals surface area contributed by atoms with Crippen molar-refractivity contribution >= 4 is 55.9 Å². The van der Waals surface area contributed by atoms with Gasteiger partial charge in [0.15, 0.2) is 5.69 Å². The fraction of sp³-hybridized carbons (Fsp3) is 0.393. The zero-order chi connectivity index (χ0) is 31.2. The van der Waals surface area contributed by atoms with E-state index in [4.69, 9.17) is 22.3 Å². The van der Waals surface area contributed by atoms with Gasteiger partial charge in [0.2, 0.25) is 16.0 Å². The smallest absolute Gasteiger partial charge is 0.285 e. The second kappa shape index (κ2) is 11.5. The van der Waals surface area contributed by atoms with Crippen LogP contribution in [0, 0.1) is 6.92 Å². The van der Waals surface area contributed by atoms with Gasteiger partial charge < -0.3 is 16.0 Å². The summed E-state index contributed by atoms with van der Waals surface area (Å²) in [5.41, 5.74) is 9.02. The fourth-order valence-corrected chi connectivity index (χ4v) is 6.07. The second-order valence-corrected chi connectivity index (χ2v) is 13.1. The number of aryl methyl sites for hydroxylation is 2. The summed E-state index contributed by atoms with van der Waals surface area (Å²) in [6.07, 6.45) is 2.56. The molecule has 1 fully saturated rings. The van der Waals surface area contributed by atoms with Crippen molar-refractivity contribution < 1.29 is 13.2 Å². The lowest BCUT2D eigenvalue weighted by Crippen LogP contribution is -2.38. The van der Waals surface area contributed by atoms with Gasteiger partial charge in [0, 0.05) is 44.7 Å². The Morgan fingerprint density at radius 3 is 2.47 bits per heavy atom. The van der Waals surface area contributed by atoms with Crippen LogP contribution in [0.5, 0.6) is 0 Å². The number of hydrogen-bond donors (Lipinski definition) is 3. The average Bonchev–Trinajstić information content (AvgIpc) is 3.28. The molecule has 3 aromatic heterocycles. The van der Waals surface area contributed by atoms with E-state index >= 15 is 0 Å². The predicted molar refractivity (Wildman–Crippen MR) is 167 cm³/mol. The van der Waals surface area contributed by atoms with Gasteiger partial charge in [0.25, 0.3) is 11.5 Å². The lowest BCUT2D eigenvalue weighted by atomic mass is 9.94. The number of fused-ring (bicyclic) bond motifs is 1. The van der Waals surface area contributed by atoms with Gasteiger partial charge in [-0.1, -0.05) is 17.7 Å². The molecule has 228 valence electrons. The summed E-state index contributed by atoms with van der Waals surface area (Å²) in [4.78, 5) is 37.5. The molecule has 5 rings (SSSR count). The van der Waals surface area contributed by atoms with E-state index in [-0.39, 0.29) is 28.0 Å². The minimum Gasteiger partial charge on any atom is -0.384 e. The molecule has 43 heavy (non-hydrogen) atoms. The number of halogens is 1. The van der Waals surface area contributed by atoms with Gasteiger partial charge >= 0.3 is 0 Å². The molecule has 4 heterocycles. The number of pyridine rings is 1. The fourth-order valence-electron chi connectivity index (χ4n) is 5.49. The number of nitrogens with one attached hydrogen (secondary N) is 2. The largest absolute Gasteiger partial charge is 0.384 e. The predicted octanol–water partition coefficient (Wildman–Crippen LogP) is 2.85. The van der Waals surface area contributed by atoms with Gasteiger partial charge in [-0.25, -0.2) is 23.1 Å². The van der Waals surface area contributed by atoms with Crippen LogP contribution in [0.4, 0.5) is 17.5 Å². The highest BCUT2D eigenvalue weighted by molar-refractivity contribution is 7.89. The molecule has 0 saturated carbocycles. The minimum atomic E-state index is -3.83. The van der Waals surface area contributed by atoms with Crippen LogP contribution in [0.1, 0.15) is 59.0 Å². The Balaban J connectivity index is 1.48. The van der Waals surface area contributed by atoms with Gasteiger partial charge in [-0.2, -0.15) is 5.10 Å². The molecule has 0 spiro atoms. The molecule has 13 nitrogen and oxygen atoms in total. The van der Waals surface area contributed by atoms with Crippen molar-refractivity contribution in [3.63, 3.8) is 0 Å². The second-order valence-electron chi connectivity index (χ2n) is 11.0. The molecule has 1 atom stereocenters. The van der Waals surface area contributed by atoms with Crippen molar-refractivity contribution in [1.29, 1.82) is 0 Å². The minimum absolute atomic E-state index is 0.0305. The summed E-state index contributed by atoms with van der Waals surface area (Å²) < 4.78 is 28.6. The van der Waals surface area contributed by atoms with Crippen LogP contribution < -0.4 is 26.2 Å². The molecule has 1 saturated heterocycles. The first-order valence-electron chi connectivity index (χ1n) is 13.7. The molecule has 4 N–H and O–H groups in total. The SMILES string of the molecule is Cc1cc([C@@H](C)Nc2ccc(Cl)nc2C(=O)NS(C)(=O)=O)c2nc(N3CCC(c4cc(N)n(C)n4)CC3)n(C)c(=O)c2c1. The van der Waals surface area contributed by atoms with Crippen LogP contribution in [0.15, 0.2) is 35.1 Å². The maximum atomic E-state index is 13.6. The molecule has 1 aromatic carbocycles. The highest BCUT2D eigenvalue weighted by atomic mass is 35.5. The standard InChI is InChI=1S/C28H34ClN9O4S/c1-15-12-18(16(2)31-20-6-7-22(29)32-25(20)26(39)35-43(5,41)42)24-19(13-15)27(40)36(3)28(33-24)38-10-8-17(9-11-38)21-14-23(30)37(4)34-21/h6-7,12-14,16-17,31H,8-11,30H2,1-5H3,(H,35,39)/t16-/m1/s1. The van der Waals surface area contributed by atoms with E-state index in [2.05, 4.69) is 20.3 Å². The van der Waals surface area contributed by atoms with Crippen LogP contribution in [0.25, 0.3) is 10.9 Å². The highest BCUT2D eigenvalue weighted by Gasteiger charge is 2.27. The van der Waals surface area contributed by atoms with Crippen LogP contribution in [0.2, 0.25) is 5.15 Å². The van der Waals surface area contributed by atoms with E-state index in [9.17, 15) is 18.0 Å². The normalized spacial score (nSPS) is 15.1. The number of hydrogen-bond acceptors (Lipinski definition) is 10. The highest BCUT2D eigenvalue weighted by Crippen LogP contribution is 2.32. The number of benzene rings is 1. The van der Waals surface area contributed by atoms with Crippen molar-refractivity contribution in [1.82, 2.24) is 29.0 Å². The molecule has 4 aromatic rings. The molecule has 0 radical (unpaired) electrons. The van der Waals surface area contributed by atoms with Gasteiger partial charge in [0.05, 0.1) is 34.6 Å². The van der Waals surface area contributed by atoms with Gasteiger partial charge in [-0.3, -0.25) is 18.8 Å².